The van der Waals surface area contributed by atoms with E-state index in [0.717, 1.165) is 50.1 Å². The van der Waals surface area contributed by atoms with Crippen LogP contribution in [0.4, 0.5) is 11.4 Å². The van der Waals surface area contributed by atoms with Crippen LogP contribution in [-0.4, -0.2) is 56.2 Å². The van der Waals surface area contributed by atoms with Gasteiger partial charge in [0.1, 0.15) is 0 Å². The second kappa shape index (κ2) is 15.0. The quantitative estimate of drug-likeness (QED) is 0.128. The molecule has 0 aliphatic carbocycles. The first-order valence-corrected chi connectivity index (χ1v) is 17.3. The number of piperidine rings is 1. The number of anilines is 2. The van der Waals surface area contributed by atoms with Crippen molar-refractivity contribution in [1.82, 2.24) is 4.90 Å². The molecule has 3 aromatic rings. The molecule has 238 valence electrons. The molecule has 0 bridgehead atoms. The zero-order valence-corrected chi connectivity index (χ0v) is 27.1. The molecule has 2 heterocycles. The molecule has 0 spiro atoms. The number of ether oxygens (including phenoxy) is 1. The van der Waals surface area contributed by atoms with Crippen LogP contribution in [0.25, 0.3) is 11.3 Å². The number of nitrogens with one attached hydrogen (secondary N) is 2. The Kier molecular flexibility index (Phi) is 10.9. The number of esters is 1. The van der Waals surface area contributed by atoms with Gasteiger partial charge in [-0.15, -0.1) is 0 Å². The predicted molar refractivity (Wildman–Crippen MR) is 178 cm³/mol. The molecule has 1 saturated heterocycles. The summed E-state index contributed by atoms with van der Waals surface area (Å²) in [7, 11) is -3.56. The number of hydrogen-bond acceptors (Lipinski definition) is 8. The summed E-state index contributed by atoms with van der Waals surface area (Å²) >= 11 is 0. The number of likely N-dealkylation sites (tertiary alicyclic amines) is 1. The summed E-state index contributed by atoms with van der Waals surface area (Å²) in [5.41, 5.74) is 5.25. The lowest BCUT2D eigenvalue weighted by Gasteiger charge is -2.30. The molecule has 2 N–H and O–H groups in total. The standard InChI is InChI=1S/C35H42N3O6P/c1-4-42-35(40)27-19-22-38(23-20-27)21-18-25-12-14-28(15-13-25)36-33(26-10-8-7-9-11-26)32-30-24-29(16-17-31(30)37-34(32)39)45(41,43-5-2)44-6-3/h7-17,24,27,36H,4-6,18-23H2,1-3H3,(H,37,39)/b33-32-. The molecule has 1 amide bonds. The highest BCUT2D eigenvalue weighted by molar-refractivity contribution is 7.62. The van der Waals surface area contributed by atoms with Crippen LogP contribution in [0.3, 0.4) is 0 Å². The summed E-state index contributed by atoms with van der Waals surface area (Å²) in [6, 6.07) is 23.1. The largest absolute Gasteiger partial charge is 0.466 e. The van der Waals surface area contributed by atoms with Gasteiger partial charge in [-0.3, -0.25) is 14.2 Å². The van der Waals surface area contributed by atoms with Gasteiger partial charge in [-0.25, -0.2) is 0 Å². The Morgan fingerprint density at radius 1 is 0.933 bits per heavy atom. The van der Waals surface area contributed by atoms with Crippen molar-refractivity contribution in [3.8, 4) is 0 Å². The maximum atomic E-state index is 13.6. The van der Waals surface area contributed by atoms with Crippen molar-refractivity contribution < 1.29 is 27.9 Å². The second-order valence-corrected chi connectivity index (χ2v) is 13.1. The summed E-state index contributed by atoms with van der Waals surface area (Å²) in [6.07, 6.45) is 2.58. The lowest BCUT2D eigenvalue weighted by Crippen LogP contribution is -2.38. The SMILES string of the molecule is CCOC(=O)C1CCN(CCc2ccc(N/C(=C3\C(=O)Nc4ccc(P(=O)(OCC)OCC)cc43)c3ccccc3)cc2)CC1. The van der Waals surface area contributed by atoms with Gasteiger partial charge >= 0.3 is 13.6 Å². The number of benzene rings is 3. The molecule has 9 nitrogen and oxygen atoms in total. The number of hydrogen-bond donors (Lipinski definition) is 2. The zero-order valence-electron chi connectivity index (χ0n) is 26.2. The van der Waals surface area contributed by atoms with Gasteiger partial charge in [0, 0.05) is 23.5 Å². The van der Waals surface area contributed by atoms with Gasteiger partial charge in [-0.1, -0.05) is 42.5 Å². The lowest BCUT2D eigenvalue weighted by molar-refractivity contribution is -0.149. The fourth-order valence-electron chi connectivity index (χ4n) is 5.82. The van der Waals surface area contributed by atoms with E-state index in [9.17, 15) is 14.2 Å². The normalized spacial score (nSPS) is 16.6. The van der Waals surface area contributed by atoms with Crippen LogP contribution in [0.2, 0.25) is 0 Å². The molecule has 0 aromatic heterocycles. The first-order chi connectivity index (χ1) is 21.8. The summed E-state index contributed by atoms with van der Waals surface area (Å²) in [4.78, 5) is 27.9. The summed E-state index contributed by atoms with van der Waals surface area (Å²) in [5.74, 6) is -0.307. The maximum Gasteiger partial charge on any atom is 0.361 e. The highest BCUT2D eigenvalue weighted by Crippen LogP contribution is 2.48. The minimum absolute atomic E-state index is 0.0128. The number of carbonyl (C=O) groups is 2. The fourth-order valence-corrected chi connectivity index (χ4v) is 7.42. The van der Waals surface area contributed by atoms with E-state index in [0.29, 0.717) is 34.4 Å². The van der Waals surface area contributed by atoms with E-state index < -0.39 is 7.60 Å². The van der Waals surface area contributed by atoms with Gasteiger partial charge in [0.05, 0.1) is 42.3 Å². The molecule has 3 aromatic carbocycles. The van der Waals surface area contributed by atoms with E-state index in [4.69, 9.17) is 13.8 Å². The minimum atomic E-state index is -3.56. The average molecular weight is 632 g/mol. The molecule has 45 heavy (non-hydrogen) atoms. The Hall–Kier alpha value is -3.75. The van der Waals surface area contributed by atoms with Crippen LogP contribution < -0.4 is 15.9 Å². The molecule has 2 aliphatic rings. The van der Waals surface area contributed by atoms with Gasteiger partial charge in [-0.2, -0.15) is 0 Å². The molecule has 0 atom stereocenters. The van der Waals surface area contributed by atoms with E-state index in [1.165, 1.54) is 5.56 Å². The number of amides is 1. The summed E-state index contributed by atoms with van der Waals surface area (Å²) in [5, 5.41) is 6.87. The number of rotatable bonds is 13. The fraction of sp³-hybridized carbons (Fsp3) is 0.371. The molecule has 10 heteroatoms. The van der Waals surface area contributed by atoms with Crippen molar-refractivity contribution in [3.05, 3.63) is 89.5 Å². The van der Waals surface area contributed by atoms with Crippen LogP contribution in [-0.2, 0) is 34.4 Å². The van der Waals surface area contributed by atoms with Crippen molar-refractivity contribution in [1.29, 1.82) is 0 Å². The highest BCUT2D eigenvalue weighted by atomic mass is 31.2. The topological polar surface area (TPSA) is 106 Å². The molecule has 5 rings (SSSR count). The predicted octanol–water partition coefficient (Wildman–Crippen LogP) is 6.33. The Balaban J connectivity index is 1.36. The van der Waals surface area contributed by atoms with E-state index in [-0.39, 0.29) is 31.0 Å². The maximum absolute atomic E-state index is 13.6. The van der Waals surface area contributed by atoms with E-state index in [1.54, 1.807) is 32.0 Å². The van der Waals surface area contributed by atoms with Gasteiger partial charge in [0.15, 0.2) is 0 Å². The van der Waals surface area contributed by atoms with E-state index >= 15 is 0 Å². The molecule has 1 fully saturated rings. The number of fused-ring (bicyclic) bond motifs is 1. The molecular weight excluding hydrogens is 589 g/mol. The first-order valence-electron chi connectivity index (χ1n) is 15.7. The van der Waals surface area contributed by atoms with Gasteiger partial charge in [-0.05, 0) is 94.6 Å². The third-order valence-electron chi connectivity index (χ3n) is 8.12. The average Bonchev–Trinajstić information content (AvgIpc) is 3.39. The molecule has 0 saturated carbocycles. The third-order valence-corrected chi connectivity index (χ3v) is 10.2. The molecule has 0 radical (unpaired) electrons. The van der Waals surface area contributed by atoms with Crippen LogP contribution in [0.1, 0.15) is 50.3 Å². The van der Waals surface area contributed by atoms with Crippen LogP contribution in [0.5, 0.6) is 0 Å². The first kappa shape index (κ1) is 32.6. The molecular formula is C35H42N3O6P. The smallest absolute Gasteiger partial charge is 0.361 e. The van der Waals surface area contributed by atoms with Gasteiger partial charge in [0.2, 0.25) is 0 Å². The van der Waals surface area contributed by atoms with Crippen molar-refractivity contribution in [3.63, 3.8) is 0 Å². The monoisotopic (exact) mass is 631 g/mol. The second-order valence-electron chi connectivity index (χ2n) is 11.1. The number of nitrogens with zero attached hydrogens (tertiary/aromatic N) is 1. The van der Waals surface area contributed by atoms with Crippen LogP contribution in [0, 0.1) is 5.92 Å². The van der Waals surface area contributed by atoms with Gasteiger partial charge < -0.3 is 29.3 Å². The summed E-state index contributed by atoms with van der Waals surface area (Å²) in [6.45, 7) is 9.00. The van der Waals surface area contributed by atoms with Crippen molar-refractivity contribution in [2.45, 2.75) is 40.0 Å². The molecule has 0 unspecified atom stereocenters. The Labute approximate surface area is 265 Å². The van der Waals surface area contributed by atoms with Crippen LogP contribution in [0.15, 0.2) is 72.8 Å². The van der Waals surface area contributed by atoms with E-state index in [1.807, 2.05) is 49.4 Å². The zero-order chi connectivity index (χ0) is 31.8. The van der Waals surface area contributed by atoms with Crippen molar-refractivity contribution in [2.24, 2.45) is 5.92 Å². The summed E-state index contributed by atoms with van der Waals surface area (Å²) < 4.78 is 29.9. The Morgan fingerprint density at radius 3 is 2.27 bits per heavy atom. The minimum Gasteiger partial charge on any atom is -0.466 e. The molecule has 2 aliphatic heterocycles. The van der Waals surface area contributed by atoms with Crippen molar-refractivity contribution >= 4 is 47.4 Å². The highest BCUT2D eigenvalue weighted by Gasteiger charge is 2.33. The Morgan fingerprint density at radius 2 is 1.62 bits per heavy atom. The third kappa shape index (κ3) is 7.74. The Bertz CT molecular complexity index is 1560. The lowest BCUT2D eigenvalue weighted by atomic mass is 9.96. The number of carbonyl (C=O) groups excluding carboxylic acids is 2. The van der Waals surface area contributed by atoms with Crippen molar-refractivity contribution in [2.75, 3.05) is 50.1 Å². The van der Waals surface area contributed by atoms with Gasteiger partial charge in [0.25, 0.3) is 5.91 Å². The van der Waals surface area contributed by atoms with Crippen LogP contribution >= 0.6 is 7.60 Å². The van der Waals surface area contributed by atoms with E-state index in [2.05, 4.69) is 27.7 Å².